The van der Waals surface area contributed by atoms with Gasteiger partial charge in [-0.3, -0.25) is 14.5 Å². The van der Waals surface area contributed by atoms with Gasteiger partial charge in [-0.05, 0) is 67.1 Å². The summed E-state index contributed by atoms with van der Waals surface area (Å²) in [5, 5.41) is 20.8. The van der Waals surface area contributed by atoms with Crippen molar-refractivity contribution in [3.05, 3.63) is 94.0 Å². The number of ether oxygens (including phenoxy) is 2. The SMILES string of the molecule is CCOc1cc(/C(O)=C2/C(=O)C(=O)N(c3ccc(C#N)cc3)C2c2cccc(OC)c2)ccc1Cl. The molecule has 0 aliphatic carbocycles. The number of amides is 1. The van der Waals surface area contributed by atoms with E-state index in [1.54, 1.807) is 67.6 Å². The number of ketones is 1. The number of nitriles is 1. The van der Waals surface area contributed by atoms with Crippen LogP contribution in [0.5, 0.6) is 11.5 Å². The molecular formula is C27H21ClN2O5. The maximum Gasteiger partial charge on any atom is 0.300 e. The Morgan fingerprint density at radius 2 is 1.86 bits per heavy atom. The number of methoxy groups -OCH3 is 1. The fourth-order valence-corrected chi connectivity index (χ4v) is 4.17. The standard InChI is InChI=1S/C27H21ClN2O5/c1-3-35-22-14-18(9-12-21(22)28)25(31)23-24(17-5-4-6-20(13-17)34-2)30(27(33)26(23)32)19-10-7-16(15-29)8-11-19/h4-14,24,31H,3H2,1-2H3/b25-23-. The van der Waals surface area contributed by atoms with Crippen molar-refractivity contribution in [3.8, 4) is 17.6 Å². The summed E-state index contributed by atoms with van der Waals surface area (Å²) in [4.78, 5) is 27.9. The third kappa shape index (κ3) is 4.44. The third-order valence-electron chi connectivity index (χ3n) is 5.63. The molecule has 0 spiro atoms. The first-order valence-corrected chi connectivity index (χ1v) is 11.1. The summed E-state index contributed by atoms with van der Waals surface area (Å²) in [6, 6.07) is 19.0. The Bertz CT molecular complexity index is 1380. The lowest BCUT2D eigenvalue weighted by Gasteiger charge is -2.25. The van der Waals surface area contributed by atoms with Crippen LogP contribution < -0.4 is 14.4 Å². The zero-order chi connectivity index (χ0) is 25.1. The molecule has 1 atom stereocenters. The zero-order valence-corrected chi connectivity index (χ0v) is 19.7. The molecule has 8 heteroatoms. The molecule has 1 saturated heterocycles. The fourth-order valence-electron chi connectivity index (χ4n) is 3.99. The van der Waals surface area contributed by atoms with Gasteiger partial charge in [-0.2, -0.15) is 5.26 Å². The molecule has 176 valence electrons. The van der Waals surface area contributed by atoms with Gasteiger partial charge in [0, 0.05) is 11.3 Å². The molecule has 1 unspecified atom stereocenters. The van der Waals surface area contributed by atoms with Crippen LogP contribution in [0.2, 0.25) is 5.02 Å². The van der Waals surface area contributed by atoms with Crippen LogP contribution >= 0.6 is 11.6 Å². The lowest BCUT2D eigenvalue weighted by Crippen LogP contribution is -2.29. The minimum atomic E-state index is -0.941. The summed E-state index contributed by atoms with van der Waals surface area (Å²) in [7, 11) is 1.51. The summed E-state index contributed by atoms with van der Waals surface area (Å²) in [6.45, 7) is 2.16. The first-order chi connectivity index (χ1) is 16.9. The number of benzene rings is 3. The number of anilines is 1. The molecule has 1 amide bonds. The minimum Gasteiger partial charge on any atom is -0.507 e. The number of carbonyl (C=O) groups is 2. The molecule has 0 radical (unpaired) electrons. The van der Waals surface area contributed by atoms with Crippen molar-refractivity contribution >= 4 is 34.7 Å². The molecule has 1 aliphatic heterocycles. The number of aliphatic hydroxyl groups is 1. The quantitative estimate of drug-likeness (QED) is 0.289. The van der Waals surface area contributed by atoms with E-state index in [0.29, 0.717) is 39.9 Å². The van der Waals surface area contributed by atoms with Crippen LogP contribution in [0.4, 0.5) is 5.69 Å². The Morgan fingerprint density at radius 3 is 2.51 bits per heavy atom. The Labute approximate surface area is 207 Å². The molecule has 35 heavy (non-hydrogen) atoms. The van der Waals surface area contributed by atoms with Crippen LogP contribution in [0.15, 0.2) is 72.3 Å². The fraction of sp³-hybridized carbons (Fsp3) is 0.148. The second-order valence-corrected chi connectivity index (χ2v) is 8.09. The van der Waals surface area contributed by atoms with Crippen LogP contribution in [0.1, 0.15) is 29.7 Å². The van der Waals surface area contributed by atoms with Crippen molar-refractivity contribution < 1.29 is 24.2 Å². The van der Waals surface area contributed by atoms with Crippen LogP contribution in [-0.2, 0) is 9.59 Å². The van der Waals surface area contributed by atoms with Gasteiger partial charge in [-0.1, -0.05) is 23.7 Å². The second-order valence-electron chi connectivity index (χ2n) is 7.68. The molecule has 7 nitrogen and oxygen atoms in total. The first-order valence-electron chi connectivity index (χ1n) is 10.8. The van der Waals surface area contributed by atoms with E-state index >= 15 is 0 Å². The van der Waals surface area contributed by atoms with E-state index in [1.807, 2.05) is 6.07 Å². The van der Waals surface area contributed by atoms with Crippen molar-refractivity contribution in [2.24, 2.45) is 0 Å². The van der Waals surface area contributed by atoms with Crippen molar-refractivity contribution in [2.75, 3.05) is 18.6 Å². The van der Waals surface area contributed by atoms with Gasteiger partial charge in [0.2, 0.25) is 0 Å². The molecular weight excluding hydrogens is 468 g/mol. The van der Waals surface area contributed by atoms with Crippen molar-refractivity contribution in [2.45, 2.75) is 13.0 Å². The van der Waals surface area contributed by atoms with Crippen molar-refractivity contribution in [1.82, 2.24) is 0 Å². The highest BCUT2D eigenvalue weighted by Crippen LogP contribution is 2.43. The van der Waals surface area contributed by atoms with Crippen molar-refractivity contribution in [1.29, 1.82) is 5.26 Å². The molecule has 3 aromatic carbocycles. The number of rotatable bonds is 6. The normalized spacial score (nSPS) is 16.7. The average Bonchev–Trinajstić information content (AvgIpc) is 3.15. The predicted molar refractivity (Wildman–Crippen MR) is 132 cm³/mol. The zero-order valence-electron chi connectivity index (χ0n) is 19.0. The number of Topliss-reactive ketones (excluding diaryl/α,β-unsaturated/α-hetero) is 1. The number of aliphatic hydroxyl groups excluding tert-OH is 1. The topological polar surface area (TPSA) is 99.9 Å². The summed E-state index contributed by atoms with van der Waals surface area (Å²) < 4.78 is 10.9. The average molecular weight is 489 g/mol. The lowest BCUT2D eigenvalue weighted by atomic mass is 9.95. The Kier molecular flexibility index (Phi) is 6.76. The van der Waals surface area contributed by atoms with E-state index in [-0.39, 0.29) is 16.9 Å². The number of carbonyl (C=O) groups excluding carboxylic acids is 2. The molecule has 4 rings (SSSR count). The van der Waals surface area contributed by atoms with E-state index in [4.69, 9.17) is 26.3 Å². The van der Waals surface area contributed by atoms with E-state index in [0.717, 1.165) is 0 Å². The monoisotopic (exact) mass is 488 g/mol. The van der Waals surface area contributed by atoms with Gasteiger partial charge < -0.3 is 14.6 Å². The van der Waals surface area contributed by atoms with Gasteiger partial charge in [0.05, 0.1) is 42.0 Å². The Balaban J connectivity index is 1.94. The van der Waals surface area contributed by atoms with E-state index in [1.165, 1.54) is 18.1 Å². The van der Waals surface area contributed by atoms with Gasteiger partial charge >= 0.3 is 0 Å². The predicted octanol–water partition coefficient (Wildman–Crippen LogP) is 5.25. The summed E-state index contributed by atoms with van der Waals surface area (Å²) in [5.41, 5.74) is 1.58. The van der Waals surface area contributed by atoms with Crippen LogP contribution in [0.25, 0.3) is 5.76 Å². The van der Waals surface area contributed by atoms with Crippen LogP contribution in [0.3, 0.4) is 0 Å². The second kappa shape index (κ2) is 9.92. The maximum atomic E-state index is 13.3. The molecule has 1 heterocycles. The molecule has 0 aromatic heterocycles. The number of nitrogens with zero attached hydrogens (tertiary/aromatic N) is 2. The lowest BCUT2D eigenvalue weighted by molar-refractivity contribution is -0.132. The van der Waals surface area contributed by atoms with Crippen LogP contribution in [-0.4, -0.2) is 30.5 Å². The third-order valence-corrected chi connectivity index (χ3v) is 5.95. The highest BCUT2D eigenvalue weighted by Gasteiger charge is 2.47. The maximum absolute atomic E-state index is 13.3. The van der Waals surface area contributed by atoms with Gasteiger partial charge in [-0.25, -0.2) is 0 Å². The van der Waals surface area contributed by atoms with Gasteiger partial charge in [0.25, 0.3) is 11.7 Å². The molecule has 0 bridgehead atoms. The van der Waals surface area contributed by atoms with Crippen LogP contribution in [0, 0.1) is 11.3 Å². The van der Waals surface area contributed by atoms with Gasteiger partial charge in [0.15, 0.2) is 0 Å². The van der Waals surface area contributed by atoms with Crippen molar-refractivity contribution in [3.63, 3.8) is 0 Å². The van der Waals surface area contributed by atoms with Gasteiger partial charge in [-0.15, -0.1) is 0 Å². The molecule has 0 saturated carbocycles. The minimum absolute atomic E-state index is 0.0858. The van der Waals surface area contributed by atoms with Gasteiger partial charge in [0.1, 0.15) is 17.3 Å². The highest BCUT2D eigenvalue weighted by atomic mass is 35.5. The highest BCUT2D eigenvalue weighted by molar-refractivity contribution is 6.51. The summed E-state index contributed by atoms with van der Waals surface area (Å²) in [6.07, 6.45) is 0. The number of hydrogen-bond donors (Lipinski definition) is 1. The molecule has 1 aliphatic rings. The van der Waals surface area contributed by atoms with E-state index in [9.17, 15) is 14.7 Å². The molecule has 1 N–H and O–H groups in total. The largest absolute Gasteiger partial charge is 0.507 e. The smallest absolute Gasteiger partial charge is 0.300 e. The Morgan fingerprint density at radius 1 is 1.11 bits per heavy atom. The number of halogens is 1. The summed E-state index contributed by atoms with van der Waals surface area (Å²) >= 11 is 6.19. The summed E-state index contributed by atoms with van der Waals surface area (Å²) in [5.74, 6) is -1.13. The first kappa shape index (κ1) is 23.9. The number of hydrogen-bond acceptors (Lipinski definition) is 6. The molecule has 1 fully saturated rings. The molecule has 3 aromatic rings. The van der Waals surface area contributed by atoms with E-state index < -0.39 is 17.7 Å². The Hall–Kier alpha value is -4.28. The van der Waals surface area contributed by atoms with E-state index in [2.05, 4.69) is 0 Å².